The van der Waals surface area contributed by atoms with Crippen LogP contribution in [0.15, 0.2) is 30.3 Å². The smallest absolute Gasteiger partial charge is 0.121 e. The minimum atomic E-state index is -2.40. The van der Waals surface area contributed by atoms with Gasteiger partial charge in [-0.25, -0.2) is 0 Å². The van der Waals surface area contributed by atoms with Crippen molar-refractivity contribution < 1.29 is 9.67 Å². The summed E-state index contributed by atoms with van der Waals surface area (Å²) >= 11 is 0. The van der Waals surface area contributed by atoms with Crippen molar-refractivity contribution in [3.63, 3.8) is 0 Å². The molecule has 16 heavy (non-hydrogen) atoms. The van der Waals surface area contributed by atoms with Crippen molar-refractivity contribution in [3.8, 4) is 0 Å². The van der Waals surface area contributed by atoms with E-state index in [0.717, 1.165) is 24.3 Å². The van der Waals surface area contributed by atoms with Gasteiger partial charge < -0.3 is 9.67 Å². The number of hydrogen-bond acceptors (Lipinski definition) is 2. The average Bonchev–Trinajstić information content (AvgIpc) is 2.63. The van der Waals surface area contributed by atoms with Crippen LogP contribution in [-0.2, 0) is 4.57 Å². The molecule has 0 aliphatic carbocycles. The summed E-state index contributed by atoms with van der Waals surface area (Å²) in [4.78, 5) is 0. The van der Waals surface area contributed by atoms with E-state index < -0.39 is 12.7 Å². The van der Waals surface area contributed by atoms with E-state index >= 15 is 0 Å². The van der Waals surface area contributed by atoms with Crippen LogP contribution in [0.5, 0.6) is 0 Å². The Bertz CT molecular complexity index is 406. The van der Waals surface area contributed by atoms with Crippen LogP contribution < -0.4 is 5.30 Å². The quantitative estimate of drug-likeness (QED) is 0.804. The van der Waals surface area contributed by atoms with Crippen molar-refractivity contribution in [3.05, 3.63) is 30.3 Å². The van der Waals surface area contributed by atoms with Crippen molar-refractivity contribution >= 4 is 12.4 Å². The van der Waals surface area contributed by atoms with E-state index in [-0.39, 0.29) is 5.66 Å². The molecule has 0 radical (unpaired) electrons. The van der Waals surface area contributed by atoms with Crippen LogP contribution in [-0.4, -0.2) is 22.5 Å². The van der Waals surface area contributed by atoms with Gasteiger partial charge >= 0.3 is 0 Å². The van der Waals surface area contributed by atoms with Gasteiger partial charge in [0.25, 0.3) is 0 Å². The van der Waals surface area contributed by atoms with Crippen molar-refractivity contribution in [1.82, 2.24) is 0 Å². The predicted octanol–water partition coefficient (Wildman–Crippen LogP) is 2.61. The standard InChI is InChI=1S/C13H19O2P/c1-13(2,14)12-9-6-10-16(12,15)11-7-4-3-5-8-11/h3-5,7-8,12,14H,6,9-10H2,1-2H3. The molecule has 2 rings (SSSR count). The first kappa shape index (κ1) is 11.9. The van der Waals surface area contributed by atoms with E-state index in [4.69, 9.17) is 0 Å². The summed E-state index contributed by atoms with van der Waals surface area (Å²) < 4.78 is 13.0. The average molecular weight is 238 g/mol. The Morgan fingerprint density at radius 3 is 2.50 bits per heavy atom. The van der Waals surface area contributed by atoms with Gasteiger partial charge in [0.05, 0.1) is 5.60 Å². The Hall–Kier alpha value is -0.590. The number of hydrogen-bond donors (Lipinski definition) is 1. The lowest BCUT2D eigenvalue weighted by molar-refractivity contribution is 0.0744. The fourth-order valence-corrected chi connectivity index (χ4v) is 6.62. The van der Waals surface area contributed by atoms with Gasteiger partial charge in [0.15, 0.2) is 0 Å². The number of benzene rings is 1. The SMILES string of the molecule is CC(C)(O)C1CCCP1(=O)c1ccccc1. The number of rotatable bonds is 2. The zero-order chi connectivity index (χ0) is 11.8. The second-order valence-electron chi connectivity index (χ2n) is 5.17. The van der Waals surface area contributed by atoms with Crippen LogP contribution in [0.2, 0.25) is 0 Å². The predicted molar refractivity (Wildman–Crippen MR) is 67.9 cm³/mol. The lowest BCUT2D eigenvalue weighted by Gasteiger charge is -2.31. The van der Waals surface area contributed by atoms with Crippen LogP contribution >= 0.6 is 7.14 Å². The highest BCUT2D eigenvalue weighted by Crippen LogP contribution is 2.60. The molecule has 1 aromatic carbocycles. The van der Waals surface area contributed by atoms with E-state index in [1.54, 1.807) is 13.8 Å². The van der Waals surface area contributed by atoms with Crippen LogP contribution in [0, 0.1) is 0 Å². The van der Waals surface area contributed by atoms with E-state index in [0.29, 0.717) is 0 Å². The summed E-state index contributed by atoms with van der Waals surface area (Å²) in [5, 5.41) is 11.1. The molecular weight excluding hydrogens is 219 g/mol. The molecule has 1 aromatic rings. The van der Waals surface area contributed by atoms with Gasteiger partial charge in [-0.2, -0.15) is 0 Å². The summed E-state index contributed by atoms with van der Waals surface area (Å²) in [6.45, 7) is 3.55. The van der Waals surface area contributed by atoms with Gasteiger partial charge in [0.2, 0.25) is 0 Å². The largest absolute Gasteiger partial charge is 0.390 e. The molecule has 0 amide bonds. The lowest BCUT2D eigenvalue weighted by atomic mass is 10.0. The Labute approximate surface area is 97.1 Å². The fraction of sp³-hybridized carbons (Fsp3) is 0.538. The molecule has 88 valence electrons. The second-order valence-corrected chi connectivity index (χ2v) is 8.34. The third-order valence-electron chi connectivity index (χ3n) is 3.48. The summed E-state index contributed by atoms with van der Waals surface area (Å²) in [6.07, 6.45) is 2.57. The molecule has 2 nitrogen and oxygen atoms in total. The zero-order valence-corrected chi connectivity index (χ0v) is 10.8. The molecule has 1 aliphatic rings. The monoisotopic (exact) mass is 238 g/mol. The maximum absolute atomic E-state index is 13.0. The molecular formula is C13H19O2P. The molecule has 1 saturated heterocycles. The second kappa shape index (κ2) is 4.01. The van der Waals surface area contributed by atoms with Gasteiger partial charge in [-0.05, 0) is 26.7 Å². The first-order valence-electron chi connectivity index (χ1n) is 5.81. The Balaban J connectivity index is 2.42. The normalized spacial score (nSPS) is 30.6. The highest BCUT2D eigenvalue weighted by Gasteiger charge is 2.46. The number of aliphatic hydroxyl groups is 1. The summed E-state index contributed by atoms with van der Waals surface area (Å²) in [7, 11) is -2.40. The molecule has 0 saturated carbocycles. The van der Waals surface area contributed by atoms with E-state index in [2.05, 4.69) is 0 Å². The molecule has 1 fully saturated rings. The molecule has 0 aromatic heterocycles. The van der Waals surface area contributed by atoms with Crippen molar-refractivity contribution in [2.45, 2.75) is 37.9 Å². The molecule has 1 N–H and O–H groups in total. The Morgan fingerprint density at radius 2 is 1.94 bits per heavy atom. The first-order valence-corrected chi connectivity index (χ1v) is 7.77. The minimum Gasteiger partial charge on any atom is -0.390 e. The fourth-order valence-electron chi connectivity index (χ4n) is 2.74. The Kier molecular flexibility index (Phi) is 2.98. The summed E-state index contributed by atoms with van der Waals surface area (Å²) in [5.74, 6) is 0. The molecule has 0 spiro atoms. The van der Waals surface area contributed by atoms with Crippen LogP contribution in [0.1, 0.15) is 26.7 Å². The maximum atomic E-state index is 13.0. The zero-order valence-electron chi connectivity index (χ0n) is 9.89. The maximum Gasteiger partial charge on any atom is 0.121 e. The molecule has 2 unspecified atom stereocenters. The van der Waals surface area contributed by atoms with E-state index in [9.17, 15) is 9.67 Å². The first-order chi connectivity index (χ1) is 7.44. The van der Waals surface area contributed by atoms with E-state index in [1.807, 2.05) is 30.3 Å². The van der Waals surface area contributed by atoms with Crippen molar-refractivity contribution in [1.29, 1.82) is 0 Å². The third kappa shape index (κ3) is 1.97. The highest BCUT2D eigenvalue weighted by atomic mass is 31.2. The van der Waals surface area contributed by atoms with Gasteiger partial charge in [-0.3, -0.25) is 0 Å². The van der Waals surface area contributed by atoms with Crippen LogP contribution in [0.3, 0.4) is 0 Å². The molecule has 0 bridgehead atoms. The van der Waals surface area contributed by atoms with Gasteiger partial charge in [0, 0.05) is 17.1 Å². The van der Waals surface area contributed by atoms with Crippen molar-refractivity contribution in [2.24, 2.45) is 0 Å². The Morgan fingerprint density at radius 1 is 1.31 bits per heavy atom. The molecule has 1 heterocycles. The molecule has 2 atom stereocenters. The minimum absolute atomic E-state index is 0.0811. The van der Waals surface area contributed by atoms with Gasteiger partial charge in [0.1, 0.15) is 7.14 Å². The van der Waals surface area contributed by atoms with Crippen LogP contribution in [0.4, 0.5) is 0 Å². The van der Waals surface area contributed by atoms with Crippen molar-refractivity contribution in [2.75, 3.05) is 6.16 Å². The summed E-state index contributed by atoms with van der Waals surface area (Å²) in [5.41, 5.74) is -0.926. The van der Waals surface area contributed by atoms with Crippen LogP contribution in [0.25, 0.3) is 0 Å². The summed E-state index contributed by atoms with van der Waals surface area (Å²) in [6, 6.07) is 9.66. The third-order valence-corrected chi connectivity index (χ3v) is 7.53. The van der Waals surface area contributed by atoms with E-state index in [1.165, 1.54) is 0 Å². The van der Waals surface area contributed by atoms with Gasteiger partial charge in [-0.1, -0.05) is 30.3 Å². The molecule has 3 heteroatoms. The van der Waals surface area contributed by atoms with Gasteiger partial charge in [-0.15, -0.1) is 0 Å². The topological polar surface area (TPSA) is 37.3 Å². The lowest BCUT2D eigenvalue weighted by Crippen LogP contribution is -2.36. The highest BCUT2D eigenvalue weighted by molar-refractivity contribution is 7.72. The molecule has 1 aliphatic heterocycles.